The van der Waals surface area contributed by atoms with E-state index >= 15 is 0 Å². The third-order valence-electron chi connectivity index (χ3n) is 18.2. The van der Waals surface area contributed by atoms with Crippen molar-refractivity contribution in [3.05, 3.63) is 372 Å². The minimum Gasteiger partial charge on any atom is -0.311 e. The van der Waals surface area contributed by atoms with Gasteiger partial charge in [0.1, 0.15) is 0 Å². The van der Waals surface area contributed by atoms with E-state index in [-0.39, 0.29) is 5.41 Å². The topological polar surface area (TPSA) is 13.0 Å². The van der Waals surface area contributed by atoms with Gasteiger partial charge in [-0.1, -0.05) is 195 Å². The molecule has 0 atom stereocenters. The molecule has 0 fully saturated rings. The highest BCUT2D eigenvalue weighted by molar-refractivity contribution is 5.94. The fraction of sp³-hybridized carbons (Fsp3) is 0.0714. The molecule has 0 saturated heterocycles. The van der Waals surface area contributed by atoms with Crippen molar-refractivity contribution in [3.63, 3.8) is 0 Å². The lowest BCUT2D eigenvalue weighted by molar-refractivity contribution is 0.659. The third-order valence-corrected chi connectivity index (χ3v) is 18.2. The van der Waals surface area contributed by atoms with Gasteiger partial charge in [-0.05, 0) is 227 Å². The highest BCUT2D eigenvalue weighted by Gasteiger charge is 2.49. The Bertz CT molecular complexity index is 4320. The van der Waals surface area contributed by atoms with Gasteiger partial charge in [-0.2, -0.15) is 0 Å². The molecule has 13 aromatic carbocycles. The molecule has 0 bridgehead atoms. The summed E-state index contributed by atoms with van der Waals surface area (Å²) in [5.74, 6) is 0. The van der Waals surface area contributed by atoms with Crippen molar-refractivity contribution in [3.8, 4) is 22.3 Å². The minimum atomic E-state index is -0.699. The van der Waals surface area contributed by atoms with Crippen LogP contribution in [0.4, 0.5) is 68.2 Å². The van der Waals surface area contributed by atoms with Gasteiger partial charge in [-0.25, -0.2) is 0 Å². The Morgan fingerprint density at radius 2 is 0.420 bits per heavy atom. The number of fused-ring (bicyclic) bond motifs is 6. The lowest BCUT2D eigenvalue weighted by Crippen LogP contribution is -2.29. The molecule has 4 nitrogen and oxygen atoms in total. The molecule has 13 aromatic rings. The Kier molecular flexibility index (Phi) is 13.5. The minimum absolute atomic E-state index is 0.175. The Morgan fingerprint density at radius 3 is 0.727 bits per heavy atom. The highest BCUT2D eigenvalue weighted by Crippen LogP contribution is 2.61. The van der Waals surface area contributed by atoms with Crippen LogP contribution in [0.5, 0.6) is 0 Å². The van der Waals surface area contributed by atoms with Gasteiger partial charge in [0.2, 0.25) is 0 Å². The van der Waals surface area contributed by atoms with E-state index < -0.39 is 5.41 Å². The molecule has 2 aliphatic carbocycles. The molecule has 4 heteroatoms. The molecule has 2 aliphatic rings. The van der Waals surface area contributed by atoms with E-state index in [0.29, 0.717) is 0 Å². The summed E-state index contributed by atoms with van der Waals surface area (Å²) in [6, 6.07) is 120. The standard InChI is InChI=1S/C84H66N4/c1-59-35-53-75-77-58-82-78(57-80(77)83(3,4)79(75)55-59)76-54-36-60(2)56-81(76)84(82,61-37-41-69(42-38-61)87(67-31-19-9-20-32-67)73-49-45-71(46-50-73)85(63-23-11-5-12-24-63)64-25-13-6-14-26-64)62-39-43-70(44-40-62)88(68-33-21-10-22-34-68)74-51-47-72(48-52-74)86(65-27-15-7-16-28-65)66-29-17-8-18-30-66/h5-58H,1-4H3. The largest absolute Gasteiger partial charge is 0.311 e. The van der Waals surface area contributed by atoms with Crippen molar-refractivity contribution in [1.29, 1.82) is 0 Å². The maximum absolute atomic E-state index is 2.57. The highest BCUT2D eigenvalue weighted by atomic mass is 15.2. The number of benzene rings is 13. The quantitative estimate of drug-likeness (QED) is 0.108. The van der Waals surface area contributed by atoms with E-state index in [9.17, 15) is 0 Å². The SMILES string of the molecule is Cc1ccc2c(c1)C(C)(C)c1cc3c(cc1-2)C(c1ccc(N(c2ccccc2)c2ccc(N(c4ccccc4)c4ccccc4)cc2)cc1)(c1ccc(N(c2ccccc2)c2ccc(N(c4ccccc4)c4ccccc4)cc2)cc1)c1cc(C)ccc1-3. The van der Waals surface area contributed by atoms with Crippen LogP contribution in [0.3, 0.4) is 0 Å². The van der Waals surface area contributed by atoms with Crippen LogP contribution in [0.15, 0.2) is 328 Å². The first kappa shape index (κ1) is 53.8. The molecular weight excluding hydrogens is 1060 g/mol. The maximum atomic E-state index is 2.57. The van der Waals surface area contributed by atoms with E-state index in [1.165, 1.54) is 66.8 Å². The number of anilines is 12. The molecule has 0 aromatic heterocycles. The van der Waals surface area contributed by atoms with Crippen LogP contribution < -0.4 is 19.6 Å². The number of nitrogens with zero attached hydrogens (tertiary/aromatic N) is 4. The van der Waals surface area contributed by atoms with E-state index in [1.807, 2.05) is 0 Å². The number of hydrogen-bond acceptors (Lipinski definition) is 4. The number of para-hydroxylation sites is 6. The van der Waals surface area contributed by atoms with Gasteiger partial charge in [-0.3, -0.25) is 0 Å². The van der Waals surface area contributed by atoms with Crippen LogP contribution in [-0.2, 0) is 10.8 Å². The maximum Gasteiger partial charge on any atom is 0.0713 e. The van der Waals surface area contributed by atoms with Gasteiger partial charge in [0.15, 0.2) is 0 Å². The van der Waals surface area contributed by atoms with E-state index in [4.69, 9.17) is 0 Å². The van der Waals surface area contributed by atoms with Gasteiger partial charge in [0.25, 0.3) is 0 Å². The summed E-state index contributed by atoms with van der Waals surface area (Å²) >= 11 is 0. The van der Waals surface area contributed by atoms with Crippen LogP contribution in [0.1, 0.15) is 58.4 Å². The Morgan fingerprint density at radius 1 is 0.205 bits per heavy atom. The van der Waals surface area contributed by atoms with Gasteiger partial charge in [-0.15, -0.1) is 0 Å². The summed E-state index contributed by atoms with van der Waals surface area (Å²) < 4.78 is 0. The van der Waals surface area contributed by atoms with Crippen molar-refractivity contribution in [2.75, 3.05) is 19.6 Å². The van der Waals surface area contributed by atoms with E-state index in [2.05, 4.69) is 375 Å². The fourth-order valence-corrected chi connectivity index (χ4v) is 14.0. The van der Waals surface area contributed by atoms with Crippen LogP contribution in [0, 0.1) is 13.8 Å². The van der Waals surface area contributed by atoms with Crippen LogP contribution in [0.2, 0.25) is 0 Å². The molecule has 0 spiro atoms. The molecule has 0 aliphatic heterocycles. The lowest BCUT2D eigenvalue weighted by atomic mass is 9.67. The van der Waals surface area contributed by atoms with Gasteiger partial charge in [0, 0.05) is 73.7 Å². The van der Waals surface area contributed by atoms with Crippen LogP contribution in [0.25, 0.3) is 22.3 Å². The normalized spacial score (nSPS) is 13.0. The summed E-state index contributed by atoms with van der Waals surface area (Å²) in [5.41, 5.74) is 27.6. The number of rotatable bonds is 14. The number of hydrogen-bond donors (Lipinski definition) is 0. The second-order valence-corrected chi connectivity index (χ2v) is 23.9. The summed E-state index contributed by atoms with van der Waals surface area (Å²) in [7, 11) is 0. The molecule has 0 unspecified atom stereocenters. The fourth-order valence-electron chi connectivity index (χ4n) is 14.0. The molecule has 0 N–H and O–H groups in total. The Hall–Kier alpha value is -10.9. The molecule has 422 valence electrons. The Labute approximate surface area is 517 Å². The van der Waals surface area contributed by atoms with E-state index in [1.54, 1.807) is 0 Å². The lowest BCUT2D eigenvalue weighted by Gasteiger charge is -2.36. The zero-order chi connectivity index (χ0) is 59.3. The predicted octanol–water partition coefficient (Wildman–Crippen LogP) is 22.9. The summed E-state index contributed by atoms with van der Waals surface area (Å²) in [6.45, 7) is 9.27. The molecule has 0 radical (unpaired) electrons. The molecule has 88 heavy (non-hydrogen) atoms. The van der Waals surface area contributed by atoms with Crippen LogP contribution in [-0.4, -0.2) is 0 Å². The summed E-state index contributed by atoms with van der Waals surface area (Å²) in [5, 5.41) is 0. The first-order valence-corrected chi connectivity index (χ1v) is 30.6. The zero-order valence-electron chi connectivity index (χ0n) is 50.0. The summed E-state index contributed by atoms with van der Waals surface area (Å²) in [4.78, 5) is 9.39. The molecule has 0 amide bonds. The average Bonchev–Trinajstić information content (AvgIpc) is 1.70. The van der Waals surface area contributed by atoms with E-state index in [0.717, 1.165) is 68.2 Å². The second-order valence-electron chi connectivity index (χ2n) is 23.9. The first-order chi connectivity index (χ1) is 43.2. The van der Waals surface area contributed by atoms with Gasteiger partial charge >= 0.3 is 0 Å². The predicted molar refractivity (Wildman–Crippen MR) is 370 cm³/mol. The second kappa shape index (κ2) is 22.2. The van der Waals surface area contributed by atoms with Crippen molar-refractivity contribution in [1.82, 2.24) is 0 Å². The molecule has 0 heterocycles. The molecule has 0 saturated carbocycles. The van der Waals surface area contributed by atoms with Crippen LogP contribution >= 0.6 is 0 Å². The monoisotopic (exact) mass is 1130 g/mol. The third kappa shape index (κ3) is 9.24. The number of aryl methyl sites for hydroxylation is 2. The Balaban J connectivity index is 0.884. The first-order valence-electron chi connectivity index (χ1n) is 30.6. The van der Waals surface area contributed by atoms with Gasteiger partial charge in [0.05, 0.1) is 5.41 Å². The smallest absolute Gasteiger partial charge is 0.0713 e. The summed E-state index contributed by atoms with van der Waals surface area (Å²) in [6.07, 6.45) is 0. The van der Waals surface area contributed by atoms with Crippen molar-refractivity contribution < 1.29 is 0 Å². The van der Waals surface area contributed by atoms with Crippen molar-refractivity contribution in [2.24, 2.45) is 0 Å². The molecular formula is C84H66N4. The zero-order valence-corrected chi connectivity index (χ0v) is 50.0. The van der Waals surface area contributed by atoms with Gasteiger partial charge < -0.3 is 19.6 Å². The average molecular weight is 1130 g/mol. The molecule has 15 rings (SSSR count). The van der Waals surface area contributed by atoms with Crippen molar-refractivity contribution in [2.45, 2.75) is 38.5 Å². The van der Waals surface area contributed by atoms with Crippen molar-refractivity contribution >= 4 is 68.2 Å².